The third kappa shape index (κ3) is 3.39. The van der Waals surface area contributed by atoms with Crippen LogP contribution in [0.4, 0.5) is 22.0 Å². The van der Waals surface area contributed by atoms with Crippen molar-refractivity contribution in [1.82, 2.24) is 10.6 Å². The molecule has 3 nitrogen and oxygen atoms in total. The van der Waals surface area contributed by atoms with Crippen LogP contribution >= 0.6 is 0 Å². The lowest BCUT2D eigenvalue weighted by molar-refractivity contribution is -0.138. The van der Waals surface area contributed by atoms with Gasteiger partial charge in [0.2, 0.25) is 5.91 Å². The predicted molar refractivity (Wildman–Crippen MR) is 49.6 cm³/mol. The van der Waals surface area contributed by atoms with E-state index in [-0.39, 0.29) is 0 Å². The van der Waals surface area contributed by atoms with E-state index in [1.54, 1.807) is 5.32 Å². The van der Waals surface area contributed by atoms with Gasteiger partial charge in [-0.05, 0) is 6.92 Å². The molecule has 1 heterocycles. The first-order valence-corrected chi connectivity index (χ1v) is 4.80. The smallest absolute Gasteiger partial charge is 0.345 e. The minimum absolute atomic E-state index is 0.503. The molecule has 0 aromatic rings. The minimum Gasteiger partial charge on any atom is -0.345 e. The molecule has 0 saturated carbocycles. The first-order valence-electron chi connectivity index (χ1n) is 4.80. The molecular weight excluding hydrogens is 247 g/mol. The maximum atomic E-state index is 13.2. The fourth-order valence-corrected chi connectivity index (χ4v) is 1.55. The van der Waals surface area contributed by atoms with Gasteiger partial charge >= 0.3 is 6.18 Å². The highest BCUT2D eigenvalue weighted by Crippen LogP contribution is 2.31. The molecule has 1 atom stereocenters. The predicted octanol–water partition coefficient (Wildman–Crippen LogP) is 1.22. The van der Waals surface area contributed by atoms with Crippen molar-refractivity contribution in [1.29, 1.82) is 0 Å². The van der Waals surface area contributed by atoms with Crippen molar-refractivity contribution in [3.05, 3.63) is 11.6 Å². The number of allylic oxidation sites excluding steroid dienone is 1. The van der Waals surface area contributed by atoms with E-state index in [1.165, 1.54) is 6.92 Å². The summed E-state index contributed by atoms with van der Waals surface area (Å²) < 4.78 is 61.8. The Morgan fingerprint density at radius 3 is 2.65 bits per heavy atom. The Kier molecular flexibility index (Phi) is 3.75. The molecule has 0 radical (unpaired) electrons. The van der Waals surface area contributed by atoms with Gasteiger partial charge in [-0.2, -0.15) is 13.2 Å². The summed E-state index contributed by atoms with van der Waals surface area (Å²) in [5, 5.41) is 3.75. The summed E-state index contributed by atoms with van der Waals surface area (Å²) >= 11 is 0. The number of hydrogen-bond acceptors (Lipinski definition) is 2. The van der Waals surface area contributed by atoms with Crippen LogP contribution in [0.5, 0.6) is 0 Å². The van der Waals surface area contributed by atoms with Crippen LogP contribution in [0, 0.1) is 0 Å². The Bertz CT molecular complexity index is 337. The van der Waals surface area contributed by atoms with E-state index < -0.39 is 42.7 Å². The van der Waals surface area contributed by atoms with E-state index in [0.29, 0.717) is 0 Å². The molecule has 0 bridgehead atoms. The number of carbonyl (C=O) groups is 1. The average molecular weight is 258 g/mol. The lowest BCUT2D eigenvalue weighted by Gasteiger charge is -2.15. The molecule has 1 rings (SSSR count). The minimum atomic E-state index is -4.56. The topological polar surface area (TPSA) is 41.1 Å². The second kappa shape index (κ2) is 4.59. The van der Waals surface area contributed by atoms with E-state index in [0.717, 1.165) is 6.08 Å². The van der Waals surface area contributed by atoms with Crippen molar-refractivity contribution in [2.75, 3.05) is 13.1 Å². The summed E-state index contributed by atoms with van der Waals surface area (Å²) in [6.07, 6.45) is -3.52. The molecule has 2 N–H and O–H groups in total. The van der Waals surface area contributed by atoms with Gasteiger partial charge < -0.3 is 5.32 Å². The van der Waals surface area contributed by atoms with Crippen molar-refractivity contribution in [2.24, 2.45) is 0 Å². The van der Waals surface area contributed by atoms with Gasteiger partial charge in [0.15, 0.2) is 0 Å². The molecule has 8 heteroatoms. The van der Waals surface area contributed by atoms with Gasteiger partial charge in [0, 0.05) is 5.57 Å². The largest absolute Gasteiger partial charge is 0.405 e. The number of nitrogens with one attached hydrogen (secondary N) is 2. The van der Waals surface area contributed by atoms with Crippen molar-refractivity contribution in [2.45, 2.75) is 25.1 Å². The monoisotopic (exact) mass is 258 g/mol. The van der Waals surface area contributed by atoms with Gasteiger partial charge in [0.05, 0.1) is 6.54 Å². The summed E-state index contributed by atoms with van der Waals surface area (Å²) in [4.78, 5) is 11.3. The Hall–Kier alpha value is -1.18. The highest BCUT2D eigenvalue weighted by atomic mass is 19.4. The molecule has 1 amide bonds. The maximum Gasteiger partial charge on any atom is 0.405 e. The van der Waals surface area contributed by atoms with Crippen LogP contribution in [0.15, 0.2) is 11.6 Å². The summed E-state index contributed by atoms with van der Waals surface area (Å²) in [6, 6.07) is -1.41. The second-order valence-electron chi connectivity index (χ2n) is 3.60. The molecule has 0 aromatic heterocycles. The van der Waals surface area contributed by atoms with Crippen LogP contribution in [0.2, 0.25) is 0 Å². The molecule has 0 aromatic carbocycles. The van der Waals surface area contributed by atoms with Gasteiger partial charge in [0.25, 0.3) is 5.92 Å². The molecule has 1 saturated heterocycles. The second-order valence-corrected chi connectivity index (χ2v) is 3.60. The highest BCUT2D eigenvalue weighted by Gasteiger charge is 2.47. The van der Waals surface area contributed by atoms with Crippen LogP contribution in [0.25, 0.3) is 0 Å². The number of hydrogen-bond donors (Lipinski definition) is 2. The molecule has 1 aliphatic heterocycles. The van der Waals surface area contributed by atoms with Crippen molar-refractivity contribution >= 4 is 5.91 Å². The normalized spacial score (nSPS) is 26.2. The van der Waals surface area contributed by atoms with E-state index in [1.807, 2.05) is 0 Å². The van der Waals surface area contributed by atoms with Gasteiger partial charge in [0.1, 0.15) is 12.6 Å². The molecule has 0 spiro atoms. The highest BCUT2D eigenvalue weighted by molar-refractivity contribution is 5.86. The third-order valence-electron chi connectivity index (χ3n) is 2.30. The van der Waals surface area contributed by atoms with Gasteiger partial charge in [-0.1, -0.05) is 6.08 Å². The number of rotatable bonds is 2. The van der Waals surface area contributed by atoms with E-state index >= 15 is 0 Å². The molecular formula is C9H11F5N2O. The SMILES string of the molecule is C/C=C1/C(C(=O)NCC(F)(F)F)NCC1(F)F. The van der Waals surface area contributed by atoms with Crippen LogP contribution in [-0.4, -0.2) is 37.1 Å². The molecule has 1 unspecified atom stereocenters. The molecule has 17 heavy (non-hydrogen) atoms. The standard InChI is InChI=1S/C9H11F5N2O/c1-2-5-6(15-3-8(5,10)11)7(17)16-4-9(12,13)14/h2,6,15H,3-4H2,1H3,(H,16,17)/b5-2-. The summed E-state index contributed by atoms with van der Waals surface area (Å²) in [5.74, 6) is -4.30. The first kappa shape index (κ1) is 13.9. The van der Waals surface area contributed by atoms with Crippen LogP contribution < -0.4 is 10.6 Å². The lowest BCUT2D eigenvalue weighted by atomic mass is 10.1. The van der Waals surface area contributed by atoms with Gasteiger partial charge in [-0.25, -0.2) is 8.78 Å². The van der Waals surface area contributed by atoms with Crippen molar-refractivity contribution in [3.63, 3.8) is 0 Å². The Labute approximate surface area is 94.1 Å². The average Bonchev–Trinajstić information content (AvgIpc) is 2.48. The molecule has 1 aliphatic rings. The fraction of sp³-hybridized carbons (Fsp3) is 0.667. The Morgan fingerprint density at radius 2 is 2.18 bits per heavy atom. The number of alkyl halides is 5. The van der Waals surface area contributed by atoms with E-state index in [9.17, 15) is 26.7 Å². The van der Waals surface area contributed by atoms with Gasteiger partial charge in [-0.15, -0.1) is 0 Å². The van der Waals surface area contributed by atoms with Crippen molar-refractivity contribution in [3.8, 4) is 0 Å². The van der Waals surface area contributed by atoms with E-state index in [2.05, 4.69) is 5.32 Å². The Morgan fingerprint density at radius 1 is 1.59 bits per heavy atom. The number of carbonyl (C=O) groups excluding carboxylic acids is 1. The Balaban J connectivity index is 2.66. The first-order chi connectivity index (χ1) is 7.67. The summed E-state index contributed by atoms with van der Waals surface area (Å²) in [6.45, 7) is -0.983. The maximum absolute atomic E-state index is 13.2. The molecule has 1 fully saturated rings. The zero-order valence-corrected chi connectivity index (χ0v) is 8.87. The zero-order chi connectivity index (χ0) is 13.3. The zero-order valence-electron chi connectivity index (χ0n) is 8.87. The number of amides is 1. The van der Waals surface area contributed by atoms with Crippen LogP contribution in [0.1, 0.15) is 6.92 Å². The van der Waals surface area contributed by atoms with Crippen LogP contribution in [0.3, 0.4) is 0 Å². The molecule has 0 aliphatic carbocycles. The summed E-state index contributed by atoms with van der Waals surface area (Å²) in [5.41, 5.74) is -0.503. The fourth-order valence-electron chi connectivity index (χ4n) is 1.55. The summed E-state index contributed by atoms with van der Waals surface area (Å²) in [7, 11) is 0. The van der Waals surface area contributed by atoms with Crippen LogP contribution in [-0.2, 0) is 4.79 Å². The number of halogens is 5. The molecule has 98 valence electrons. The van der Waals surface area contributed by atoms with Crippen molar-refractivity contribution < 1.29 is 26.7 Å². The van der Waals surface area contributed by atoms with E-state index in [4.69, 9.17) is 0 Å². The quantitative estimate of drug-likeness (QED) is 0.577. The van der Waals surface area contributed by atoms with Gasteiger partial charge in [-0.3, -0.25) is 10.1 Å². The lowest BCUT2D eigenvalue weighted by Crippen LogP contribution is -2.44. The third-order valence-corrected chi connectivity index (χ3v) is 2.30.